The molecule has 0 spiro atoms. The minimum atomic E-state index is -0.938. The average molecular weight is 516 g/mol. The van der Waals surface area contributed by atoms with Gasteiger partial charge in [-0.1, -0.05) is 24.0 Å². The van der Waals surface area contributed by atoms with E-state index in [1.807, 2.05) is 6.07 Å². The number of aliphatic hydroxyl groups is 1. The first kappa shape index (κ1) is 28.3. The second-order valence-electron chi connectivity index (χ2n) is 8.68. The summed E-state index contributed by atoms with van der Waals surface area (Å²) in [5.74, 6) is 4.71. The molecule has 38 heavy (non-hydrogen) atoms. The van der Waals surface area contributed by atoms with Crippen LogP contribution in [-0.4, -0.2) is 41.9 Å². The average Bonchev–Trinajstić information content (AvgIpc) is 2.93. The van der Waals surface area contributed by atoms with E-state index in [1.54, 1.807) is 54.6 Å². The standard InChI is InChI=1S/C30H30FN3O4/c31-25-6-3-5-23(18-25)4-1-2-7-29(37)33-26-16-12-22(13-17-26)9-8-21-10-14-24(15-11-21)30(38)34-27(19-32)28(36)20-35/h3,5-6,10-18,27,35H,1-2,4,7,19-20,32H2,(H,33,37)(H,34,38)/t27-/m0/s1. The number of ketones is 1. The molecule has 196 valence electrons. The van der Waals surface area contributed by atoms with Crippen LogP contribution in [0.1, 0.15) is 46.3 Å². The number of carbonyl (C=O) groups is 3. The molecule has 0 radical (unpaired) electrons. The number of hydrogen-bond donors (Lipinski definition) is 4. The van der Waals surface area contributed by atoms with Gasteiger partial charge in [-0.05, 0) is 85.5 Å². The largest absolute Gasteiger partial charge is 0.388 e. The van der Waals surface area contributed by atoms with Crippen molar-refractivity contribution in [2.45, 2.75) is 31.7 Å². The van der Waals surface area contributed by atoms with Crippen LogP contribution in [0.25, 0.3) is 0 Å². The van der Waals surface area contributed by atoms with Crippen LogP contribution in [0.4, 0.5) is 10.1 Å². The second kappa shape index (κ2) is 14.4. The topological polar surface area (TPSA) is 122 Å². The predicted molar refractivity (Wildman–Crippen MR) is 144 cm³/mol. The Morgan fingerprint density at radius 2 is 1.58 bits per heavy atom. The van der Waals surface area contributed by atoms with Gasteiger partial charge in [-0.3, -0.25) is 14.4 Å². The third-order valence-corrected chi connectivity index (χ3v) is 5.76. The number of Topliss-reactive ketones (excluding diaryl/α,β-unsaturated/α-hetero) is 1. The van der Waals surface area contributed by atoms with E-state index >= 15 is 0 Å². The summed E-state index contributed by atoms with van der Waals surface area (Å²) >= 11 is 0. The van der Waals surface area contributed by atoms with Crippen LogP contribution in [0.5, 0.6) is 0 Å². The van der Waals surface area contributed by atoms with Gasteiger partial charge < -0.3 is 21.5 Å². The highest BCUT2D eigenvalue weighted by Gasteiger charge is 2.18. The van der Waals surface area contributed by atoms with E-state index in [2.05, 4.69) is 22.5 Å². The number of benzene rings is 3. The Morgan fingerprint density at radius 1 is 0.921 bits per heavy atom. The van der Waals surface area contributed by atoms with Gasteiger partial charge in [-0.2, -0.15) is 0 Å². The third kappa shape index (κ3) is 8.96. The smallest absolute Gasteiger partial charge is 0.251 e. The molecule has 5 N–H and O–H groups in total. The molecule has 0 aliphatic rings. The van der Waals surface area contributed by atoms with Crippen LogP contribution < -0.4 is 16.4 Å². The molecule has 0 heterocycles. The molecule has 3 aromatic rings. The Hall–Kier alpha value is -4.32. The first-order chi connectivity index (χ1) is 18.4. The quantitative estimate of drug-likeness (QED) is 0.231. The third-order valence-electron chi connectivity index (χ3n) is 5.76. The Kier molecular flexibility index (Phi) is 10.7. The summed E-state index contributed by atoms with van der Waals surface area (Å²) < 4.78 is 13.2. The molecule has 0 aromatic heterocycles. The van der Waals surface area contributed by atoms with Crippen molar-refractivity contribution < 1.29 is 23.9 Å². The number of nitrogens with one attached hydrogen (secondary N) is 2. The number of carbonyl (C=O) groups excluding carboxylic acids is 3. The van der Waals surface area contributed by atoms with Crippen molar-refractivity contribution in [3.8, 4) is 11.8 Å². The van der Waals surface area contributed by atoms with Gasteiger partial charge in [0.25, 0.3) is 5.91 Å². The lowest BCUT2D eigenvalue weighted by molar-refractivity contribution is -0.123. The molecule has 7 nitrogen and oxygen atoms in total. The fraction of sp³-hybridized carbons (Fsp3) is 0.233. The number of nitrogens with two attached hydrogens (primary N) is 1. The van der Waals surface area contributed by atoms with E-state index in [0.29, 0.717) is 29.7 Å². The molecule has 0 bridgehead atoms. The number of aliphatic hydroxyl groups excluding tert-OH is 1. The molecule has 3 aromatic carbocycles. The van der Waals surface area contributed by atoms with Crippen molar-refractivity contribution in [3.05, 3.63) is 101 Å². The fourth-order valence-electron chi connectivity index (χ4n) is 3.64. The van der Waals surface area contributed by atoms with E-state index in [1.165, 1.54) is 12.1 Å². The summed E-state index contributed by atoms with van der Waals surface area (Å²) in [6.07, 6.45) is 2.62. The zero-order valence-corrected chi connectivity index (χ0v) is 20.9. The van der Waals surface area contributed by atoms with Crippen LogP contribution in [0.3, 0.4) is 0 Å². The SMILES string of the molecule is NC[C@H](NC(=O)c1ccc(C#Cc2ccc(NC(=O)CCCCc3cccc(F)c3)cc2)cc1)C(=O)CO. The maximum atomic E-state index is 13.2. The summed E-state index contributed by atoms with van der Waals surface area (Å²) in [6, 6.07) is 19.3. The minimum absolute atomic E-state index is 0.0780. The van der Waals surface area contributed by atoms with Gasteiger partial charge in [0.05, 0.1) is 0 Å². The number of halogens is 1. The van der Waals surface area contributed by atoms with Gasteiger partial charge in [0.2, 0.25) is 5.91 Å². The van der Waals surface area contributed by atoms with Crippen molar-refractivity contribution in [3.63, 3.8) is 0 Å². The number of anilines is 1. The van der Waals surface area contributed by atoms with Crippen LogP contribution >= 0.6 is 0 Å². The van der Waals surface area contributed by atoms with E-state index in [4.69, 9.17) is 10.8 Å². The molecular weight excluding hydrogens is 485 g/mol. The molecular formula is C30H30FN3O4. The molecule has 0 saturated carbocycles. The Bertz CT molecular complexity index is 1310. The van der Waals surface area contributed by atoms with Crippen molar-refractivity contribution in [2.75, 3.05) is 18.5 Å². The Morgan fingerprint density at radius 3 is 2.18 bits per heavy atom. The van der Waals surface area contributed by atoms with E-state index in [0.717, 1.165) is 24.0 Å². The zero-order valence-electron chi connectivity index (χ0n) is 20.9. The Balaban J connectivity index is 1.46. The predicted octanol–water partition coefficient (Wildman–Crippen LogP) is 3.20. The van der Waals surface area contributed by atoms with Crippen LogP contribution in [0.2, 0.25) is 0 Å². The monoisotopic (exact) mass is 515 g/mol. The normalized spacial score (nSPS) is 11.1. The summed E-state index contributed by atoms with van der Waals surface area (Å²) in [7, 11) is 0. The summed E-state index contributed by atoms with van der Waals surface area (Å²) in [6.45, 7) is -0.793. The number of aryl methyl sites for hydroxylation is 1. The molecule has 0 saturated heterocycles. The molecule has 3 rings (SSSR count). The number of amides is 2. The zero-order chi connectivity index (χ0) is 27.3. The summed E-state index contributed by atoms with van der Waals surface area (Å²) in [5, 5.41) is 14.3. The molecule has 2 amide bonds. The summed E-state index contributed by atoms with van der Waals surface area (Å²) in [5.41, 5.74) is 8.88. The number of unbranched alkanes of at least 4 members (excludes halogenated alkanes) is 1. The van der Waals surface area contributed by atoms with Crippen molar-refractivity contribution in [1.82, 2.24) is 5.32 Å². The number of hydrogen-bond acceptors (Lipinski definition) is 5. The van der Waals surface area contributed by atoms with Gasteiger partial charge >= 0.3 is 0 Å². The lowest BCUT2D eigenvalue weighted by Crippen LogP contribution is -2.46. The highest BCUT2D eigenvalue weighted by Crippen LogP contribution is 2.12. The lowest BCUT2D eigenvalue weighted by atomic mass is 10.1. The highest BCUT2D eigenvalue weighted by molar-refractivity contribution is 5.98. The van der Waals surface area contributed by atoms with Crippen molar-refractivity contribution >= 4 is 23.3 Å². The van der Waals surface area contributed by atoms with E-state index < -0.39 is 24.3 Å². The lowest BCUT2D eigenvalue weighted by Gasteiger charge is -2.14. The van der Waals surface area contributed by atoms with Gasteiger partial charge in [-0.25, -0.2) is 4.39 Å². The van der Waals surface area contributed by atoms with Gasteiger partial charge in [0.15, 0.2) is 5.78 Å². The molecule has 0 aliphatic heterocycles. The molecule has 8 heteroatoms. The maximum absolute atomic E-state index is 13.2. The molecule has 0 unspecified atom stereocenters. The van der Waals surface area contributed by atoms with Gasteiger partial charge in [0.1, 0.15) is 18.5 Å². The molecule has 0 aliphatic carbocycles. The number of rotatable bonds is 11. The van der Waals surface area contributed by atoms with Gasteiger partial charge in [0, 0.05) is 35.3 Å². The minimum Gasteiger partial charge on any atom is -0.388 e. The van der Waals surface area contributed by atoms with E-state index in [9.17, 15) is 18.8 Å². The Labute approximate surface area is 221 Å². The van der Waals surface area contributed by atoms with Crippen molar-refractivity contribution in [2.24, 2.45) is 5.73 Å². The maximum Gasteiger partial charge on any atom is 0.251 e. The van der Waals surface area contributed by atoms with Gasteiger partial charge in [-0.15, -0.1) is 0 Å². The van der Waals surface area contributed by atoms with Crippen LogP contribution in [0.15, 0.2) is 72.8 Å². The molecule has 0 fully saturated rings. The second-order valence-corrected chi connectivity index (χ2v) is 8.68. The fourth-order valence-corrected chi connectivity index (χ4v) is 3.64. The first-order valence-corrected chi connectivity index (χ1v) is 12.3. The van der Waals surface area contributed by atoms with Crippen LogP contribution in [-0.2, 0) is 16.0 Å². The first-order valence-electron chi connectivity index (χ1n) is 12.3. The molecule has 1 atom stereocenters. The summed E-state index contributed by atoms with van der Waals surface area (Å²) in [4.78, 5) is 36.1. The van der Waals surface area contributed by atoms with E-state index in [-0.39, 0.29) is 18.3 Å². The van der Waals surface area contributed by atoms with Crippen molar-refractivity contribution in [1.29, 1.82) is 0 Å². The highest BCUT2D eigenvalue weighted by atomic mass is 19.1. The van der Waals surface area contributed by atoms with Crippen LogP contribution in [0, 0.1) is 17.7 Å².